The summed E-state index contributed by atoms with van der Waals surface area (Å²) in [6, 6.07) is 5.20. The van der Waals surface area contributed by atoms with E-state index in [0.29, 0.717) is 28.1 Å². The number of hydrogen-bond acceptors (Lipinski definition) is 5. The fourth-order valence-electron chi connectivity index (χ4n) is 2.92. The molecule has 0 bridgehead atoms. The molecule has 3 rings (SSSR count). The van der Waals surface area contributed by atoms with E-state index < -0.39 is 0 Å². The number of anilines is 1. The van der Waals surface area contributed by atoms with Crippen molar-refractivity contribution in [3.05, 3.63) is 34.3 Å². The van der Waals surface area contributed by atoms with E-state index in [9.17, 15) is 4.79 Å². The summed E-state index contributed by atoms with van der Waals surface area (Å²) in [5.41, 5.74) is 1.66. The van der Waals surface area contributed by atoms with E-state index in [1.54, 1.807) is 36.6 Å². The third-order valence-corrected chi connectivity index (χ3v) is 5.23. The molecule has 0 saturated heterocycles. The summed E-state index contributed by atoms with van der Waals surface area (Å²) < 4.78 is 11.0. The number of methoxy groups -OCH3 is 1. The number of carbonyl (C=O) groups is 1. The van der Waals surface area contributed by atoms with E-state index in [1.165, 1.54) is 11.3 Å². The van der Waals surface area contributed by atoms with Crippen LogP contribution in [0, 0.1) is 5.92 Å². The van der Waals surface area contributed by atoms with Crippen molar-refractivity contribution in [1.29, 1.82) is 0 Å². The second kappa shape index (κ2) is 7.44. The van der Waals surface area contributed by atoms with Crippen molar-refractivity contribution in [3.8, 4) is 11.5 Å². The minimum absolute atomic E-state index is 0.0395. The molecule has 1 aliphatic rings. The Morgan fingerprint density at radius 3 is 2.88 bits per heavy atom. The number of hydrogen-bond donors (Lipinski definition) is 1. The van der Waals surface area contributed by atoms with Gasteiger partial charge in [-0.15, -0.1) is 11.3 Å². The maximum absolute atomic E-state index is 12.6. The van der Waals surface area contributed by atoms with Crippen molar-refractivity contribution < 1.29 is 14.3 Å². The predicted molar refractivity (Wildman–Crippen MR) is 100 cm³/mol. The standard InChI is InChI=1S/C19H24N2O3S/c1-11(2)24-15-8-6-13(10-16(15)23-4)18(22)21-19-20-14-7-5-12(3)9-17(14)25-19/h6,8,10-12H,5,7,9H2,1-4H3,(H,20,21,22). The molecule has 2 aromatic rings. The second-order valence-electron chi connectivity index (χ2n) is 6.72. The third-order valence-electron chi connectivity index (χ3n) is 4.19. The normalized spacial score (nSPS) is 16.4. The van der Waals surface area contributed by atoms with Crippen LogP contribution < -0.4 is 14.8 Å². The van der Waals surface area contributed by atoms with Crippen LogP contribution >= 0.6 is 11.3 Å². The summed E-state index contributed by atoms with van der Waals surface area (Å²) in [4.78, 5) is 18.4. The maximum atomic E-state index is 12.6. The number of nitrogens with one attached hydrogen (secondary N) is 1. The highest BCUT2D eigenvalue weighted by molar-refractivity contribution is 7.15. The van der Waals surface area contributed by atoms with E-state index in [2.05, 4.69) is 17.2 Å². The molecule has 0 saturated carbocycles. The smallest absolute Gasteiger partial charge is 0.257 e. The van der Waals surface area contributed by atoms with Crippen LogP contribution in [0.25, 0.3) is 0 Å². The first-order chi connectivity index (χ1) is 12.0. The van der Waals surface area contributed by atoms with Crippen LogP contribution in [-0.4, -0.2) is 24.1 Å². The molecule has 1 aromatic carbocycles. The molecule has 1 unspecified atom stereocenters. The van der Waals surface area contributed by atoms with Gasteiger partial charge in [-0.3, -0.25) is 10.1 Å². The number of aryl methyl sites for hydroxylation is 1. The number of nitrogens with zero attached hydrogens (tertiary/aromatic N) is 1. The number of ether oxygens (including phenoxy) is 2. The minimum Gasteiger partial charge on any atom is -0.493 e. The highest BCUT2D eigenvalue weighted by Crippen LogP contribution is 2.33. The van der Waals surface area contributed by atoms with Crippen molar-refractivity contribution in [2.75, 3.05) is 12.4 Å². The molecule has 1 amide bonds. The van der Waals surface area contributed by atoms with Gasteiger partial charge in [-0.1, -0.05) is 6.92 Å². The zero-order valence-corrected chi connectivity index (χ0v) is 15.9. The fraction of sp³-hybridized carbons (Fsp3) is 0.474. The molecule has 134 valence electrons. The van der Waals surface area contributed by atoms with Crippen LogP contribution in [0.15, 0.2) is 18.2 Å². The highest BCUT2D eigenvalue weighted by Gasteiger charge is 2.21. The number of carbonyl (C=O) groups excluding carboxylic acids is 1. The number of fused-ring (bicyclic) bond motifs is 1. The zero-order chi connectivity index (χ0) is 18.0. The highest BCUT2D eigenvalue weighted by atomic mass is 32.1. The largest absolute Gasteiger partial charge is 0.493 e. The van der Waals surface area contributed by atoms with Gasteiger partial charge in [0.1, 0.15) is 0 Å². The van der Waals surface area contributed by atoms with E-state index in [0.717, 1.165) is 18.5 Å². The Morgan fingerprint density at radius 2 is 2.16 bits per heavy atom. The van der Waals surface area contributed by atoms with Crippen molar-refractivity contribution in [3.63, 3.8) is 0 Å². The molecule has 1 N–H and O–H groups in total. The first-order valence-corrected chi connectivity index (χ1v) is 9.42. The topological polar surface area (TPSA) is 60.5 Å². The first-order valence-electron chi connectivity index (χ1n) is 8.61. The van der Waals surface area contributed by atoms with Gasteiger partial charge < -0.3 is 9.47 Å². The third kappa shape index (κ3) is 4.12. The number of aromatic nitrogens is 1. The Kier molecular flexibility index (Phi) is 5.27. The Labute approximate surface area is 152 Å². The number of thiazole rings is 1. The molecule has 25 heavy (non-hydrogen) atoms. The van der Waals surface area contributed by atoms with Crippen LogP contribution in [0.3, 0.4) is 0 Å². The first kappa shape index (κ1) is 17.7. The van der Waals surface area contributed by atoms with E-state index in [4.69, 9.17) is 9.47 Å². The summed E-state index contributed by atoms with van der Waals surface area (Å²) in [7, 11) is 1.57. The molecule has 0 spiro atoms. The van der Waals surface area contributed by atoms with Gasteiger partial charge in [-0.05, 0) is 57.2 Å². The maximum Gasteiger partial charge on any atom is 0.257 e. The van der Waals surface area contributed by atoms with Gasteiger partial charge >= 0.3 is 0 Å². The van der Waals surface area contributed by atoms with E-state index in [1.807, 2.05) is 13.8 Å². The monoisotopic (exact) mass is 360 g/mol. The lowest BCUT2D eigenvalue weighted by Gasteiger charge is -2.15. The zero-order valence-electron chi connectivity index (χ0n) is 15.1. The van der Waals surface area contributed by atoms with Crippen molar-refractivity contribution in [2.24, 2.45) is 5.92 Å². The lowest BCUT2D eigenvalue weighted by Crippen LogP contribution is -2.13. The molecule has 5 nitrogen and oxygen atoms in total. The van der Waals surface area contributed by atoms with Crippen LogP contribution in [0.1, 0.15) is 48.1 Å². The molecule has 1 aromatic heterocycles. The summed E-state index contributed by atoms with van der Waals surface area (Å²) in [5, 5.41) is 3.59. The molecule has 0 aliphatic heterocycles. The summed E-state index contributed by atoms with van der Waals surface area (Å²) in [6.45, 7) is 6.16. The quantitative estimate of drug-likeness (QED) is 0.863. The van der Waals surface area contributed by atoms with Crippen LogP contribution in [-0.2, 0) is 12.8 Å². The Bertz CT molecular complexity index is 770. The van der Waals surface area contributed by atoms with Gasteiger partial charge in [0.15, 0.2) is 16.6 Å². The van der Waals surface area contributed by atoms with Gasteiger partial charge in [0.05, 0.1) is 18.9 Å². The van der Waals surface area contributed by atoms with E-state index in [-0.39, 0.29) is 12.0 Å². The van der Waals surface area contributed by atoms with E-state index >= 15 is 0 Å². The van der Waals surface area contributed by atoms with Crippen molar-refractivity contribution in [1.82, 2.24) is 4.98 Å². The molecule has 1 heterocycles. The van der Waals surface area contributed by atoms with Gasteiger partial charge in [-0.2, -0.15) is 0 Å². The molecule has 0 radical (unpaired) electrons. The van der Waals surface area contributed by atoms with Crippen LogP contribution in [0.2, 0.25) is 0 Å². The predicted octanol–water partition coefficient (Wildman–Crippen LogP) is 4.32. The van der Waals surface area contributed by atoms with Gasteiger partial charge in [0.2, 0.25) is 0 Å². The minimum atomic E-state index is -0.187. The van der Waals surface area contributed by atoms with Gasteiger partial charge in [0.25, 0.3) is 5.91 Å². The van der Waals surface area contributed by atoms with Crippen molar-refractivity contribution in [2.45, 2.75) is 46.1 Å². The Hall–Kier alpha value is -2.08. The van der Waals surface area contributed by atoms with Crippen molar-refractivity contribution >= 4 is 22.4 Å². The lowest BCUT2D eigenvalue weighted by atomic mass is 9.93. The molecular formula is C19H24N2O3S. The van der Waals surface area contributed by atoms with Crippen LogP contribution in [0.5, 0.6) is 11.5 Å². The number of benzene rings is 1. The van der Waals surface area contributed by atoms with Gasteiger partial charge in [-0.25, -0.2) is 4.98 Å². The number of rotatable bonds is 5. The lowest BCUT2D eigenvalue weighted by molar-refractivity contribution is 0.102. The Balaban J connectivity index is 1.75. The molecule has 1 atom stereocenters. The summed E-state index contributed by atoms with van der Waals surface area (Å²) in [6.07, 6.45) is 3.26. The number of amides is 1. The average Bonchev–Trinajstić information content (AvgIpc) is 2.95. The summed E-state index contributed by atoms with van der Waals surface area (Å²) >= 11 is 1.58. The molecular weight excluding hydrogens is 336 g/mol. The Morgan fingerprint density at radius 1 is 1.36 bits per heavy atom. The molecule has 0 fully saturated rings. The average molecular weight is 360 g/mol. The summed E-state index contributed by atoms with van der Waals surface area (Å²) in [5.74, 6) is 1.68. The van der Waals surface area contributed by atoms with Gasteiger partial charge in [0, 0.05) is 10.4 Å². The SMILES string of the molecule is COc1cc(C(=O)Nc2nc3c(s2)CC(C)CC3)ccc1OC(C)C. The molecule has 6 heteroatoms. The van der Waals surface area contributed by atoms with Crippen LogP contribution in [0.4, 0.5) is 5.13 Å². The second-order valence-corrected chi connectivity index (χ2v) is 7.81. The fourth-order valence-corrected chi connectivity index (χ4v) is 4.09. The molecule has 1 aliphatic carbocycles.